The van der Waals surface area contributed by atoms with E-state index in [9.17, 15) is 0 Å². The summed E-state index contributed by atoms with van der Waals surface area (Å²) in [6.45, 7) is 9.03. The monoisotopic (exact) mass is 193 g/mol. The highest BCUT2D eigenvalue weighted by Crippen LogP contribution is 2.27. The molecule has 1 rings (SSSR count). The normalized spacial score (nSPS) is 15.8. The number of rotatable bonds is 5. The first-order valence-corrected chi connectivity index (χ1v) is 5.42. The van der Waals surface area contributed by atoms with Crippen molar-refractivity contribution in [2.45, 2.75) is 40.5 Å². The SMILES string of the molecule is CCC(C)C(Cc1c[nH]cn1)[C](C)C. The molecule has 14 heavy (non-hydrogen) atoms. The van der Waals surface area contributed by atoms with Crippen LogP contribution in [0.25, 0.3) is 0 Å². The molecule has 1 N–H and O–H groups in total. The molecule has 0 bridgehead atoms. The molecule has 2 heteroatoms. The van der Waals surface area contributed by atoms with E-state index in [0.29, 0.717) is 5.92 Å². The standard InChI is InChI=1S/C12H21N2/c1-5-10(4)12(9(2)3)6-11-7-13-8-14-11/h7-8,10,12H,5-6H2,1-4H3,(H,13,14). The second-order valence-corrected chi connectivity index (χ2v) is 4.33. The number of nitrogens with zero attached hydrogens (tertiary/aromatic N) is 1. The summed E-state index contributed by atoms with van der Waals surface area (Å²) in [7, 11) is 0. The lowest BCUT2D eigenvalue weighted by Gasteiger charge is -2.25. The van der Waals surface area contributed by atoms with Gasteiger partial charge in [-0.15, -0.1) is 0 Å². The van der Waals surface area contributed by atoms with Gasteiger partial charge >= 0.3 is 0 Å². The summed E-state index contributed by atoms with van der Waals surface area (Å²) < 4.78 is 0. The molecule has 0 amide bonds. The molecule has 0 aliphatic heterocycles. The van der Waals surface area contributed by atoms with Gasteiger partial charge in [-0.1, -0.05) is 34.1 Å². The van der Waals surface area contributed by atoms with Crippen molar-refractivity contribution in [3.63, 3.8) is 0 Å². The second kappa shape index (κ2) is 5.18. The number of imidazole rings is 1. The second-order valence-electron chi connectivity index (χ2n) is 4.33. The molecule has 1 radical (unpaired) electrons. The third-order valence-electron chi connectivity index (χ3n) is 3.06. The largest absolute Gasteiger partial charge is 0.351 e. The van der Waals surface area contributed by atoms with Gasteiger partial charge in [0.15, 0.2) is 0 Å². The van der Waals surface area contributed by atoms with Crippen molar-refractivity contribution in [2.24, 2.45) is 11.8 Å². The van der Waals surface area contributed by atoms with Crippen LogP contribution in [-0.2, 0) is 6.42 Å². The molecule has 2 nitrogen and oxygen atoms in total. The minimum Gasteiger partial charge on any atom is -0.351 e. The maximum atomic E-state index is 4.29. The molecule has 0 fully saturated rings. The Morgan fingerprint density at radius 1 is 1.50 bits per heavy atom. The van der Waals surface area contributed by atoms with E-state index in [0.717, 1.165) is 12.3 Å². The van der Waals surface area contributed by atoms with E-state index in [1.54, 1.807) is 6.33 Å². The maximum Gasteiger partial charge on any atom is 0.0923 e. The Morgan fingerprint density at radius 3 is 2.64 bits per heavy atom. The fourth-order valence-electron chi connectivity index (χ4n) is 1.89. The molecule has 2 unspecified atom stereocenters. The fourth-order valence-corrected chi connectivity index (χ4v) is 1.89. The first-order valence-electron chi connectivity index (χ1n) is 5.42. The lowest BCUT2D eigenvalue weighted by Crippen LogP contribution is -2.18. The van der Waals surface area contributed by atoms with Gasteiger partial charge in [0.25, 0.3) is 0 Å². The topological polar surface area (TPSA) is 28.7 Å². The van der Waals surface area contributed by atoms with Crippen molar-refractivity contribution >= 4 is 0 Å². The molecule has 0 aromatic carbocycles. The summed E-state index contributed by atoms with van der Waals surface area (Å²) in [4.78, 5) is 7.30. The number of aromatic amines is 1. The van der Waals surface area contributed by atoms with Crippen LogP contribution in [0.4, 0.5) is 0 Å². The van der Waals surface area contributed by atoms with Crippen LogP contribution in [0.5, 0.6) is 0 Å². The molecule has 0 aliphatic carbocycles. The number of hydrogen-bond donors (Lipinski definition) is 1. The van der Waals surface area contributed by atoms with E-state index >= 15 is 0 Å². The Balaban J connectivity index is 2.60. The van der Waals surface area contributed by atoms with Gasteiger partial charge in [0.2, 0.25) is 0 Å². The smallest absolute Gasteiger partial charge is 0.0923 e. The highest BCUT2D eigenvalue weighted by molar-refractivity contribution is 5.02. The van der Waals surface area contributed by atoms with Crippen molar-refractivity contribution in [3.8, 4) is 0 Å². The van der Waals surface area contributed by atoms with E-state index in [-0.39, 0.29) is 0 Å². The van der Waals surface area contributed by atoms with Gasteiger partial charge < -0.3 is 4.98 Å². The van der Waals surface area contributed by atoms with Gasteiger partial charge in [0.1, 0.15) is 0 Å². The van der Waals surface area contributed by atoms with E-state index < -0.39 is 0 Å². The number of H-pyrrole nitrogens is 1. The average molecular weight is 193 g/mol. The molecule has 1 heterocycles. The zero-order chi connectivity index (χ0) is 10.6. The summed E-state index contributed by atoms with van der Waals surface area (Å²) in [6, 6.07) is 0. The predicted octanol–water partition coefficient (Wildman–Crippen LogP) is 3.23. The fraction of sp³-hybridized carbons (Fsp3) is 0.667. The highest BCUT2D eigenvalue weighted by Gasteiger charge is 2.20. The molecule has 79 valence electrons. The zero-order valence-electron chi connectivity index (χ0n) is 9.67. The Bertz CT molecular complexity index is 239. The van der Waals surface area contributed by atoms with Crippen LogP contribution in [0.2, 0.25) is 0 Å². The van der Waals surface area contributed by atoms with Gasteiger partial charge in [-0.25, -0.2) is 4.98 Å². The maximum absolute atomic E-state index is 4.29. The van der Waals surface area contributed by atoms with E-state index in [1.165, 1.54) is 18.0 Å². The Labute approximate surface area is 87.1 Å². The lowest BCUT2D eigenvalue weighted by molar-refractivity contribution is 0.359. The van der Waals surface area contributed by atoms with Crippen LogP contribution in [0.15, 0.2) is 12.5 Å². The van der Waals surface area contributed by atoms with Crippen LogP contribution in [0.1, 0.15) is 39.8 Å². The third kappa shape index (κ3) is 2.86. The third-order valence-corrected chi connectivity index (χ3v) is 3.06. The van der Waals surface area contributed by atoms with E-state index in [2.05, 4.69) is 37.7 Å². The average Bonchev–Trinajstić information content (AvgIpc) is 2.65. The predicted molar refractivity (Wildman–Crippen MR) is 59.8 cm³/mol. The minimum atomic E-state index is 0.670. The van der Waals surface area contributed by atoms with Gasteiger partial charge in [0, 0.05) is 6.20 Å². The Morgan fingerprint density at radius 2 is 2.21 bits per heavy atom. The van der Waals surface area contributed by atoms with Crippen molar-refractivity contribution in [1.82, 2.24) is 9.97 Å². The minimum absolute atomic E-state index is 0.670. The molecule has 0 spiro atoms. The summed E-state index contributed by atoms with van der Waals surface area (Å²) in [5.74, 6) is 2.93. The van der Waals surface area contributed by atoms with Gasteiger partial charge in [-0.3, -0.25) is 0 Å². The number of aromatic nitrogens is 2. The van der Waals surface area contributed by atoms with Crippen molar-refractivity contribution in [1.29, 1.82) is 0 Å². The lowest BCUT2D eigenvalue weighted by atomic mass is 9.80. The first-order chi connectivity index (χ1) is 6.65. The van der Waals surface area contributed by atoms with Crippen molar-refractivity contribution in [3.05, 3.63) is 24.1 Å². The van der Waals surface area contributed by atoms with Gasteiger partial charge in [0.05, 0.1) is 12.0 Å². The Kier molecular flexibility index (Phi) is 4.18. The number of hydrogen-bond acceptors (Lipinski definition) is 1. The quantitative estimate of drug-likeness (QED) is 0.764. The summed E-state index contributed by atoms with van der Waals surface area (Å²) in [5.41, 5.74) is 1.18. The van der Waals surface area contributed by atoms with E-state index in [4.69, 9.17) is 0 Å². The van der Waals surface area contributed by atoms with Crippen molar-refractivity contribution in [2.75, 3.05) is 0 Å². The molecule has 0 aliphatic rings. The van der Waals surface area contributed by atoms with Crippen LogP contribution in [-0.4, -0.2) is 9.97 Å². The zero-order valence-corrected chi connectivity index (χ0v) is 9.67. The summed E-state index contributed by atoms with van der Waals surface area (Å²) in [5, 5.41) is 0. The van der Waals surface area contributed by atoms with Gasteiger partial charge in [-0.2, -0.15) is 0 Å². The molecule has 0 saturated heterocycles. The molecular weight excluding hydrogens is 172 g/mol. The molecule has 1 aromatic rings. The van der Waals surface area contributed by atoms with Crippen LogP contribution in [0.3, 0.4) is 0 Å². The first kappa shape index (κ1) is 11.3. The van der Waals surface area contributed by atoms with Crippen LogP contribution in [0, 0.1) is 17.8 Å². The number of nitrogens with one attached hydrogen (secondary N) is 1. The molecule has 2 atom stereocenters. The molecule has 1 aromatic heterocycles. The molecule has 0 saturated carbocycles. The van der Waals surface area contributed by atoms with E-state index in [1.807, 2.05) is 6.20 Å². The van der Waals surface area contributed by atoms with Crippen LogP contribution < -0.4 is 0 Å². The highest BCUT2D eigenvalue weighted by atomic mass is 14.9. The Hall–Kier alpha value is -0.790. The van der Waals surface area contributed by atoms with Gasteiger partial charge in [-0.05, 0) is 24.2 Å². The summed E-state index contributed by atoms with van der Waals surface area (Å²) >= 11 is 0. The molecular formula is C12H21N2. The van der Waals surface area contributed by atoms with Crippen molar-refractivity contribution < 1.29 is 0 Å². The van der Waals surface area contributed by atoms with Crippen LogP contribution >= 0.6 is 0 Å². The summed E-state index contributed by atoms with van der Waals surface area (Å²) in [6.07, 6.45) is 6.06.